The smallest absolute Gasteiger partial charge is 0.338 e. The van der Waals surface area contributed by atoms with Gasteiger partial charge in [-0.15, -0.1) is 0 Å². The Labute approximate surface area is 107 Å². The van der Waals surface area contributed by atoms with E-state index >= 15 is 0 Å². The first-order valence-corrected chi connectivity index (χ1v) is 6.07. The van der Waals surface area contributed by atoms with Gasteiger partial charge in [-0.1, -0.05) is 6.42 Å². The molecule has 0 aliphatic carbocycles. The zero-order valence-electron chi connectivity index (χ0n) is 10.4. The monoisotopic (exact) mass is 252 g/mol. The molecule has 0 bridgehead atoms. The van der Waals surface area contributed by atoms with E-state index in [-0.39, 0.29) is 6.61 Å². The van der Waals surface area contributed by atoms with Gasteiger partial charge in [-0.2, -0.15) is 0 Å². The van der Waals surface area contributed by atoms with Crippen LogP contribution >= 0.6 is 0 Å². The molecule has 0 heterocycles. The molecule has 5 N–H and O–H groups in total. The average Bonchev–Trinajstić information content (AvgIpc) is 2.32. The second kappa shape index (κ2) is 7.55. The van der Waals surface area contributed by atoms with Crippen molar-refractivity contribution >= 4 is 17.3 Å². The number of ether oxygens (including phenoxy) is 1. The molecule has 100 valence electrons. The quantitative estimate of drug-likeness (QED) is 0.388. The topological polar surface area (TPSA) is 98.6 Å². The number of anilines is 2. The Morgan fingerprint density at radius 2 is 1.67 bits per heavy atom. The molecule has 0 fully saturated rings. The summed E-state index contributed by atoms with van der Waals surface area (Å²) >= 11 is 0. The number of hydrogen-bond acceptors (Lipinski definition) is 5. The molecule has 0 saturated heterocycles. The van der Waals surface area contributed by atoms with Crippen molar-refractivity contribution in [2.75, 3.05) is 24.7 Å². The van der Waals surface area contributed by atoms with E-state index in [1.165, 1.54) is 0 Å². The number of unbranched alkanes of at least 4 members (excludes halogenated alkanes) is 3. The second-order valence-corrected chi connectivity index (χ2v) is 4.16. The third-order valence-electron chi connectivity index (χ3n) is 2.50. The standard InChI is InChI=1S/C13H20N2O3/c14-11-7-10(8-12(15)9-11)13(17)18-6-4-2-1-3-5-16/h7-9,16H,1-6,14-15H2. The van der Waals surface area contributed by atoms with Crippen molar-refractivity contribution < 1.29 is 14.6 Å². The van der Waals surface area contributed by atoms with Crippen LogP contribution in [-0.2, 0) is 4.74 Å². The molecule has 0 saturated carbocycles. The lowest BCUT2D eigenvalue weighted by molar-refractivity contribution is 0.0497. The van der Waals surface area contributed by atoms with Crippen LogP contribution in [0.15, 0.2) is 18.2 Å². The summed E-state index contributed by atoms with van der Waals surface area (Å²) in [5, 5.41) is 8.60. The first-order chi connectivity index (χ1) is 8.63. The molecule has 18 heavy (non-hydrogen) atoms. The number of aliphatic hydroxyl groups excluding tert-OH is 1. The van der Waals surface area contributed by atoms with E-state index in [9.17, 15) is 4.79 Å². The predicted molar refractivity (Wildman–Crippen MR) is 71.1 cm³/mol. The van der Waals surface area contributed by atoms with Crippen molar-refractivity contribution in [1.82, 2.24) is 0 Å². The summed E-state index contributed by atoms with van der Waals surface area (Å²) in [4.78, 5) is 11.7. The van der Waals surface area contributed by atoms with Crippen LogP contribution < -0.4 is 11.5 Å². The lowest BCUT2D eigenvalue weighted by Crippen LogP contribution is -2.07. The minimum atomic E-state index is -0.406. The van der Waals surface area contributed by atoms with Crippen LogP contribution in [0.4, 0.5) is 11.4 Å². The van der Waals surface area contributed by atoms with Gasteiger partial charge in [-0.3, -0.25) is 0 Å². The molecule has 0 amide bonds. The molecular formula is C13H20N2O3. The van der Waals surface area contributed by atoms with Crippen LogP contribution in [0.5, 0.6) is 0 Å². The van der Waals surface area contributed by atoms with Crippen molar-refractivity contribution in [1.29, 1.82) is 0 Å². The third kappa shape index (κ3) is 5.05. The van der Waals surface area contributed by atoms with Crippen molar-refractivity contribution in [2.45, 2.75) is 25.7 Å². The number of nitrogen functional groups attached to an aromatic ring is 2. The lowest BCUT2D eigenvalue weighted by Gasteiger charge is -2.06. The Hall–Kier alpha value is -1.75. The fourth-order valence-electron chi connectivity index (χ4n) is 1.61. The molecule has 0 radical (unpaired) electrons. The zero-order valence-corrected chi connectivity index (χ0v) is 10.4. The molecule has 5 heteroatoms. The fourth-order valence-corrected chi connectivity index (χ4v) is 1.61. The molecule has 0 unspecified atom stereocenters. The van der Waals surface area contributed by atoms with Gasteiger partial charge in [0.1, 0.15) is 0 Å². The van der Waals surface area contributed by atoms with E-state index in [4.69, 9.17) is 21.3 Å². The zero-order chi connectivity index (χ0) is 13.4. The summed E-state index contributed by atoms with van der Waals surface area (Å²) in [6.07, 6.45) is 3.47. The third-order valence-corrected chi connectivity index (χ3v) is 2.50. The van der Waals surface area contributed by atoms with Crippen molar-refractivity contribution in [3.63, 3.8) is 0 Å². The summed E-state index contributed by atoms with van der Waals surface area (Å²) in [6, 6.07) is 4.68. The van der Waals surface area contributed by atoms with Gasteiger partial charge < -0.3 is 21.3 Å². The van der Waals surface area contributed by atoms with Gasteiger partial charge in [0.15, 0.2) is 0 Å². The normalized spacial score (nSPS) is 10.3. The van der Waals surface area contributed by atoms with Gasteiger partial charge in [0.2, 0.25) is 0 Å². The molecule has 1 aromatic rings. The second-order valence-electron chi connectivity index (χ2n) is 4.16. The minimum Gasteiger partial charge on any atom is -0.462 e. The Morgan fingerprint density at radius 3 is 2.28 bits per heavy atom. The van der Waals surface area contributed by atoms with E-state index in [1.54, 1.807) is 18.2 Å². The maximum absolute atomic E-state index is 11.7. The molecule has 0 spiro atoms. The largest absolute Gasteiger partial charge is 0.462 e. The number of rotatable bonds is 7. The van der Waals surface area contributed by atoms with E-state index in [2.05, 4.69) is 0 Å². The number of hydrogen-bond donors (Lipinski definition) is 3. The molecular weight excluding hydrogens is 232 g/mol. The maximum Gasteiger partial charge on any atom is 0.338 e. The number of esters is 1. The molecule has 0 aliphatic rings. The Kier molecular flexibility index (Phi) is 6.00. The maximum atomic E-state index is 11.7. The Bertz CT molecular complexity index is 374. The highest BCUT2D eigenvalue weighted by Gasteiger charge is 2.08. The lowest BCUT2D eigenvalue weighted by atomic mass is 10.2. The molecule has 0 aromatic heterocycles. The number of benzene rings is 1. The van der Waals surface area contributed by atoms with Crippen LogP contribution in [0.2, 0.25) is 0 Å². The van der Waals surface area contributed by atoms with Crippen molar-refractivity contribution in [2.24, 2.45) is 0 Å². The molecule has 5 nitrogen and oxygen atoms in total. The van der Waals surface area contributed by atoms with E-state index in [0.717, 1.165) is 25.7 Å². The highest BCUT2D eigenvalue weighted by Crippen LogP contribution is 2.14. The molecule has 1 rings (SSSR count). The number of carbonyl (C=O) groups excluding carboxylic acids is 1. The first-order valence-electron chi connectivity index (χ1n) is 6.07. The van der Waals surface area contributed by atoms with Gasteiger partial charge in [-0.05, 0) is 37.5 Å². The van der Waals surface area contributed by atoms with Gasteiger partial charge >= 0.3 is 5.97 Å². The van der Waals surface area contributed by atoms with Crippen LogP contribution in [0.1, 0.15) is 36.0 Å². The van der Waals surface area contributed by atoms with Crippen LogP contribution in [0, 0.1) is 0 Å². The van der Waals surface area contributed by atoms with E-state index < -0.39 is 5.97 Å². The highest BCUT2D eigenvalue weighted by atomic mass is 16.5. The Balaban J connectivity index is 2.32. The number of nitrogens with two attached hydrogens (primary N) is 2. The summed E-state index contributed by atoms with van der Waals surface area (Å²) in [7, 11) is 0. The number of aliphatic hydroxyl groups is 1. The average molecular weight is 252 g/mol. The summed E-state index contributed by atoms with van der Waals surface area (Å²) < 4.78 is 5.11. The Morgan fingerprint density at radius 1 is 1.06 bits per heavy atom. The summed E-state index contributed by atoms with van der Waals surface area (Å²) in [5.41, 5.74) is 12.5. The van der Waals surface area contributed by atoms with Crippen molar-refractivity contribution in [3.8, 4) is 0 Å². The van der Waals surface area contributed by atoms with Crippen LogP contribution in [0.25, 0.3) is 0 Å². The molecule has 1 aromatic carbocycles. The molecule has 0 atom stereocenters. The summed E-state index contributed by atoms with van der Waals surface area (Å²) in [6.45, 7) is 0.585. The van der Waals surface area contributed by atoms with E-state index in [0.29, 0.717) is 23.5 Å². The predicted octanol–water partition coefficient (Wildman–Crippen LogP) is 1.56. The highest BCUT2D eigenvalue weighted by molar-refractivity contribution is 5.91. The number of carbonyl (C=O) groups is 1. The fraction of sp³-hybridized carbons (Fsp3) is 0.462. The SMILES string of the molecule is Nc1cc(N)cc(C(=O)OCCCCCCO)c1. The van der Waals surface area contributed by atoms with Gasteiger partial charge in [0.05, 0.1) is 12.2 Å². The molecule has 0 aliphatic heterocycles. The van der Waals surface area contributed by atoms with Gasteiger partial charge in [-0.25, -0.2) is 4.79 Å². The van der Waals surface area contributed by atoms with Crippen molar-refractivity contribution in [3.05, 3.63) is 23.8 Å². The summed E-state index contributed by atoms with van der Waals surface area (Å²) in [5.74, 6) is -0.406. The minimum absolute atomic E-state index is 0.211. The van der Waals surface area contributed by atoms with Crippen LogP contribution in [0.3, 0.4) is 0 Å². The van der Waals surface area contributed by atoms with Gasteiger partial charge in [0, 0.05) is 18.0 Å². The van der Waals surface area contributed by atoms with Crippen LogP contribution in [-0.4, -0.2) is 24.3 Å². The van der Waals surface area contributed by atoms with E-state index in [1.807, 2.05) is 0 Å². The first kappa shape index (κ1) is 14.3. The van der Waals surface area contributed by atoms with Gasteiger partial charge in [0.25, 0.3) is 0 Å².